The van der Waals surface area contributed by atoms with Crippen LogP contribution in [0.5, 0.6) is 5.75 Å². The third kappa shape index (κ3) is 3.60. The zero-order valence-electron chi connectivity index (χ0n) is 16.9. The molecule has 2 aromatic rings. The first kappa shape index (κ1) is 19.5. The number of nitrogens with zero attached hydrogens (tertiary/aromatic N) is 1. The van der Waals surface area contributed by atoms with Crippen molar-refractivity contribution in [3.05, 3.63) is 65.2 Å². The van der Waals surface area contributed by atoms with Crippen LogP contribution in [0.2, 0.25) is 0 Å². The van der Waals surface area contributed by atoms with Crippen molar-refractivity contribution in [1.82, 2.24) is 4.90 Å². The third-order valence-corrected chi connectivity index (χ3v) is 6.40. The van der Waals surface area contributed by atoms with Gasteiger partial charge in [-0.05, 0) is 60.6 Å². The van der Waals surface area contributed by atoms with Crippen molar-refractivity contribution in [3.63, 3.8) is 0 Å². The number of aromatic hydroxyl groups is 1. The highest BCUT2D eigenvalue weighted by Gasteiger charge is 2.46. The summed E-state index contributed by atoms with van der Waals surface area (Å²) in [6.45, 7) is 6.68. The highest BCUT2D eigenvalue weighted by molar-refractivity contribution is 5.94. The van der Waals surface area contributed by atoms with Gasteiger partial charge >= 0.3 is 0 Å². The molecule has 0 aromatic heterocycles. The fourth-order valence-electron chi connectivity index (χ4n) is 5.14. The van der Waals surface area contributed by atoms with Gasteiger partial charge in [0.2, 0.25) is 0 Å². The summed E-state index contributed by atoms with van der Waals surface area (Å²) < 4.78 is 0. The van der Waals surface area contributed by atoms with E-state index in [9.17, 15) is 9.90 Å². The average Bonchev–Trinajstić information content (AvgIpc) is 2.67. The molecule has 1 aliphatic carbocycles. The van der Waals surface area contributed by atoms with Crippen LogP contribution in [-0.2, 0) is 11.8 Å². The van der Waals surface area contributed by atoms with Gasteiger partial charge in [0, 0.05) is 24.1 Å². The molecule has 0 radical (unpaired) electrons. The summed E-state index contributed by atoms with van der Waals surface area (Å²) in [6.07, 6.45) is 4.20. The third-order valence-electron chi connectivity index (χ3n) is 6.40. The van der Waals surface area contributed by atoms with Crippen LogP contribution in [0.25, 0.3) is 0 Å². The Balaban J connectivity index is 2.05. The highest BCUT2D eigenvalue weighted by atomic mass is 16.3. The van der Waals surface area contributed by atoms with Crippen LogP contribution >= 0.6 is 0 Å². The molecule has 0 unspecified atom stereocenters. The molecule has 0 spiro atoms. The molecule has 1 amide bonds. The van der Waals surface area contributed by atoms with E-state index < -0.39 is 0 Å². The average molecular weight is 366 g/mol. The summed E-state index contributed by atoms with van der Waals surface area (Å²) in [7, 11) is 1.94. The number of amides is 1. The van der Waals surface area contributed by atoms with Crippen LogP contribution in [0.15, 0.2) is 48.5 Å². The molecule has 0 heterocycles. The lowest BCUT2D eigenvalue weighted by atomic mass is 9.62. The van der Waals surface area contributed by atoms with E-state index in [0.717, 1.165) is 31.2 Å². The number of hydrogen-bond donors (Lipinski definition) is 1. The van der Waals surface area contributed by atoms with Crippen molar-refractivity contribution in [2.75, 3.05) is 7.05 Å². The number of hydrogen-bond acceptors (Lipinski definition) is 2. The second-order valence-electron chi connectivity index (χ2n) is 8.21. The highest BCUT2D eigenvalue weighted by Crippen LogP contribution is 2.46. The minimum absolute atomic E-state index is 0.0683. The molecule has 1 aliphatic rings. The topological polar surface area (TPSA) is 40.5 Å². The maximum atomic E-state index is 13.2. The zero-order valence-corrected chi connectivity index (χ0v) is 16.9. The van der Waals surface area contributed by atoms with E-state index in [1.165, 1.54) is 11.1 Å². The molecule has 1 saturated carbocycles. The molecule has 2 aromatic carbocycles. The molecule has 0 aliphatic heterocycles. The monoisotopic (exact) mass is 365 g/mol. The fraction of sp³-hybridized carbons (Fsp3) is 0.458. The first-order valence-electron chi connectivity index (χ1n) is 10.0. The summed E-state index contributed by atoms with van der Waals surface area (Å²) in [5.74, 6) is 0.768. The molecule has 0 saturated heterocycles. The van der Waals surface area contributed by atoms with Gasteiger partial charge in [0.15, 0.2) is 0 Å². The van der Waals surface area contributed by atoms with E-state index in [2.05, 4.69) is 20.8 Å². The van der Waals surface area contributed by atoms with Gasteiger partial charge in [-0.1, -0.05) is 51.5 Å². The first-order chi connectivity index (χ1) is 12.9. The lowest BCUT2D eigenvalue weighted by Crippen LogP contribution is -2.55. The van der Waals surface area contributed by atoms with Gasteiger partial charge in [-0.15, -0.1) is 0 Å². The van der Waals surface area contributed by atoms with Crippen molar-refractivity contribution in [2.24, 2.45) is 5.92 Å². The smallest absolute Gasteiger partial charge is 0.253 e. The molecule has 0 bridgehead atoms. The Morgan fingerprint density at radius 3 is 2.59 bits per heavy atom. The van der Waals surface area contributed by atoms with E-state index in [-0.39, 0.29) is 17.4 Å². The molecule has 3 rings (SSSR count). The Kier molecular flexibility index (Phi) is 5.59. The maximum absolute atomic E-state index is 13.2. The predicted octanol–water partition coefficient (Wildman–Crippen LogP) is 5.17. The SMILES string of the molecule is CCc1ccc(O)cc1[C@@]1(C)CCC[C@H](C)[C@@H]1N(C)C(=O)c1ccccc1. The van der Waals surface area contributed by atoms with E-state index in [4.69, 9.17) is 0 Å². The lowest BCUT2D eigenvalue weighted by Gasteiger charge is -2.50. The van der Waals surface area contributed by atoms with Crippen LogP contribution in [0.4, 0.5) is 0 Å². The Labute approximate surface area is 163 Å². The Morgan fingerprint density at radius 1 is 1.22 bits per heavy atom. The van der Waals surface area contributed by atoms with Crippen molar-refractivity contribution in [2.45, 2.75) is 57.9 Å². The molecule has 3 heteroatoms. The summed E-state index contributed by atoms with van der Waals surface area (Å²) >= 11 is 0. The molecule has 3 nitrogen and oxygen atoms in total. The predicted molar refractivity (Wildman–Crippen MR) is 110 cm³/mol. The van der Waals surface area contributed by atoms with Gasteiger partial charge in [-0.2, -0.15) is 0 Å². The molecule has 1 N–H and O–H groups in total. The quantitative estimate of drug-likeness (QED) is 0.812. The number of phenolic OH excluding ortho intramolecular Hbond substituents is 1. The van der Waals surface area contributed by atoms with Gasteiger partial charge in [-0.25, -0.2) is 0 Å². The zero-order chi connectivity index (χ0) is 19.6. The largest absolute Gasteiger partial charge is 0.508 e. The molecule has 144 valence electrons. The number of carbonyl (C=O) groups is 1. The van der Waals surface area contributed by atoms with E-state index >= 15 is 0 Å². The van der Waals surface area contributed by atoms with Crippen molar-refractivity contribution in [3.8, 4) is 5.75 Å². The van der Waals surface area contributed by atoms with Crippen molar-refractivity contribution >= 4 is 5.91 Å². The van der Waals surface area contributed by atoms with Crippen LogP contribution in [0.1, 0.15) is 61.5 Å². The Bertz CT molecular complexity index is 801. The number of rotatable bonds is 4. The van der Waals surface area contributed by atoms with Gasteiger partial charge in [-0.3, -0.25) is 4.79 Å². The standard InChI is InChI=1S/C24H31NO2/c1-5-18-13-14-20(26)16-21(18)24(3)15-9-10-17(2)22(24)25(4)23(27)19-11-7-6-8-12-19/h6-8,11-14,16-17,22,26H,5,9-10,15H2,1-4H3/t17-,22-,24+/m0/s1. The maximum Gasteiger partial charge on any atom is 0.253 e. The van der Waals surface area contributed by atoms with Gasteiger partial charge in [0.25, 0.3) is 5.91 Å². The number of aryl methyl sites for hydroxylation is 1. The molecule has 1 fully saturated rings. The minimum Gasteiger partial charge on any atom is -0.508 e. The first-order valence-corrected chi connectivity index (χ1v) is 10.0. The second-order valence-corrected chi connectivity index (χ2v) is 8.21. The molecule has 27 heavy (non-hydrogen) atoms. The Hall–Kier alpha value is -2.29. The Morgan fingerprint density at radius 2 is 1.93 bits per heavy atom. The van der Waals surface area contributed by atoms with Gasteiger partial charge < -0.3 is 10.0 Å². The summed E-state index contributed by atoms with van der Waals surface area (Å²) in [5.41, 5.74) is 3.00. The van der Waals surface area contributed by atoms with Crippen LogP contribution in [0.3, 0.4) is 0 Å². The van der Waals surface area contributed by atoms with Crippen LogP contribution in [0, 0.1) is 5.92 Å². The molecular formula is C24H31NO2. The van der Waals surface area contributed by atoms with Crippen LogP contribution < -0.4 is 0 Å². The normalized spacial score (nSPS) is 25.2. The van der Waals surface area contributed by atoms with Crippen molar-refractivity contribution < 1.29 is 9.90 Å². The van der Waals surface area contributed by atoms with Gasteiger partial charge in [0.05, 0.1) is 0 Å². The fourth-order valence-corrected chi connectivity index (χ4v) is 5.14. The van der Waals surface area contributed by atoms with Crippen molar-refractivity contribution in [1.29, 1.82) is 0 Å². The molecule has 3 atom stereocenters. The minimum atomic E-state index is -0.180. The molecular weight excluding hydrogens is 334 g/mol. The van der Waals surface area contributed by atoms with E-state index in [1.807, 2.05) is 54.4 Å². The summed E-state index contributed by atoms with van der Waals surface area (Å²) in [6, 6.07) is 15.3. The van der Waals surface area contributed by atoms with Crippen LogP contribution in [-0.4, -0.2) is 29.0 Å². The summed E-state index contributed by atoms with van der Waals surface area (Å²) in [5, 5.41) is 10.2. The van der Waals surface area contributed by atoms with Gasteiger partial charge in [0.1, 0.15) is 5.75 Å². The number of carbonyl (C=O) groups excluding carboxylic acids is 1. The van der Waals surface area contributed by atoms with E-state index in [0.29, 0.717) is 11.7 Å². The second kappa shape index (κ2) is 7.75. The number of benzene rings is 2. The summed E-state index contributed by atoms with van der Waals surface area (Å²) in [4.78, 5) is 15.2. The number of phenols is 1. The van der Waals surface area contributed by atoms with E-state index in [1.54, 1.807) is 6.07 Å². The lowest BCUT2D eigenvalue weighted by molar-refractivity contribution is 0.0423. The number of likely N-dealkylation sites (N-methyl/N-ethyl adjacent to an activating group) is 1.